The summed E-state index contributed by atoms with van der Waals surface area (Å²) in [6.45, 7) is 2.00. The summed E-state index contributed by atoms with van der Waals surface area (Å²) < 4.78 is 7.20. The zero-order chi connectivity index (χ0) is 19.5. The van der Waals surface area contributed by atoms with Gasteiger partial charge in [-0.1, -0.05) is 30.3 Å². The van der Waals surface area contributed by atoms with Gasteiger partial charge >= 0.3 is 0 Å². The number of thiazole rings is 1. The van der Waals surface area contributed by atoms with Crippen LogP contribution in [0.5, 0.6) is 5.75 Å². The largest absolute Gasteiger partial charge is 0.497 e. The molecule has 6 heteroatoms. The summed E-state index contributed by atoms with van der Waals surface area (Å²) in [6.07, 6.45) is 2.30. The standard InChI is InChI=1S/C22H21N3O2S/c1-15(16-6-4-3-5-7-16)23-21(26)12-18-14-28-22-24-20(13-25(18)22)17-8-10-19(27-2)11-9-17/h3-11,13-15H,12H2,1-2H3,(H,23,26). The Hall–Kier alpha value is -3.12. The Morgan fingerprint density at radius 1 is 1.18 bits per heavy atom. The number of fused-ring (bicyclic) bond motifs is 1. The Kier molecular flexibility index (Phi) is 5.12. The number of methoxy groups -OCH3 is 1. The van der Waals surface area contributed by atoms with Crippen molar-refractivity contribution in [3.05, 3.63) is 77.4 Å². The monoisotopic (exact) mass is 391 g/mol. The molecule has 5 nitrogen and oxygen atoms in total. The summed E-state index contributed by atoms with van der Waals surface area (Å²) >= 11 is 1.54. The number of hydrogen-bond acceptors (Lipinski definition) is 4. The molecular formula is C22H21N3O2S. The lowest BCUT2D eigenvalue weighted by molar-refractivity contribution is -0.121. The molecular weight excluding hydrogens is 370 g/mol. The van der Waals surface area contributed by atoms with Crippen molar-refractivity contribution in [1.82, 2.24) is 14.7 Å². The van der Waals surface area contributed by atoms with Gasteiger partial charge in [0.15, 0.2) is 4.96 Å². The van der Waals surface area contributed by atoms with Crippen molar-refractivity contribution in [1.29, 1.82) is 0 Å². The molecule has 4 aromatic rings. The molecule has 0 radical (unpaired) electrons. The maximum Gasteiger partial charge on any atom is 0.226 e. The smallest absolute Gasteiger partial charge is 0.226 e. The third-order valence-corrected chi connectivity index (χ3v) is 5.58. The number of aromatic nitrogens is 2. The lowest BCUT2D eigenvalue weighted by Crippen LogP contribution is -2.28. The number of benzene rings is 2. The van der Waals surface area contributed by atoms with Crippen molar-refractivity contribution in [3.63, 3.8) is 0 Å². The molecule has 1 amide bonds. The Morgan fingerprint density at radius 3 is 2.64 bits per heavy atom. The molecule has 0 aliphatic carbocycles. The van der Waals surface area contributed by atoms with Gasteiger partial charge in [-0.2, -0.15) is 0 Å². The first-order valence-corrected chi connectivity index (χ1v) is 9.96. The number of amides is 1. The molecule has 2 heterocycles. The number of rotatable bonds is 6. The average molecular weight is 391 g/mol. The van der Waals surface area contributed by atoms with Crippen LogP contribution in [0.25, 0.3) is 16.2 Å². The highest BCUT2D eigenvalue weighted by atomic mass is 32.1. The van der Waals surface area contributed by atoms with Gasteiger partial charge in [0, 0.05) is 22.8 Å². The normalized spacial score (nSPS) is 12.1. The highest BCUT2D eigenvalue weighted by Crippen LogP contribution is 2.25. The number of imidazole rings is 1. The second kappa shape index (κ2) is 7.86. The van der Waals surface area contributed by atoms with Crippen molar-refractivity contribution in [2.45, 2.75) is 19.4 Å². The second-order valence-corrected chi connectivity index (χ2v) is 7.45. The van der Waals surface area contributed by atoms with Crippen LogP contribution in [0.15, 0.2) is 66.2 Å². The number of carbonyl (C=O) groups is 1. The molecule has 4 rings (SSSR count). The first-order chi connectivity index (χ1) is 13.6. The van der Waals surface area contributed by atoms with Crippen molar-refractivity contribution >= 4 is 22.2 Å². The highest BCUT2D eigenvalue weighted by Gasteiger charge is 2.14. The van der Waals surface area contributed by atoms with Crippen LogP contribution < -0.4 is 10.1 Å². The van der Waals surface area contributed by atoms with E-state index in [9.17, 15) is 4.79 Å². The van der Waals surface area contributed by atoms with Gasteiger partial charge in [-0.3, -0.25) is 9.20 Å². The molecule has 0 saturated carbocycles. The van der Waals surface area contributed by atoms with Gasteiger partial charge in [-0.15, -0.1) is 11.3 Å². The number of carbonyl (C=O) groups excluding carboxylic acids is 1. The van der Waals surface area contributed by atoms with E-state index in [-0.39, 0.29) is 11.9 Å². The summed E-state index contributed by atoms with van der Waals surface area (Å²) in [6, 6.07) is 17.7. The first kappa shape index (κ1) is 18.3. The van der Waals surface area contributed by atoms with E-state index in [1.807, 2.05) is 77.5 Å². The Morgan fingerprint density at radius 2 is 1.93 bits per heavy atom. The molecule has 0 saturated heterocycles. The SMILES string of the molecule is COc1ccc(-c2cn3c(CC(=O)NC(C)c4ccccc4)csc3n2)cc1. The van der Waals surface area contributed by atoms with Gasteiger partial charge < -0.3 is 10.1 Å². The number of ether oxygens (including phenoxy) is 1. The molecule has 142 valence electrons. The van der Waals surface area contributed by atoms with Crippen LogP contribution in [-0.4, -0.2) is 22.4 Å². The van der Waals surface area contributed by atoms with E-state index in [2.05, 4.69) is 10.3 Å². The van der Waals surface area contributed by atoms with Crippen molar-refractivity contribution in [2.75, 3.05) is 7.11 Å². The second-order valence-electron chi connectivity index (χ2n) is 6.61. The van der Waals surface area contributed by atoms with Crippen molar-refractivity contribution in [3.8, 4) is 17.0 Å². The van der Waals surface area contributed by atoms with E-state index >= 15 is 0 Å². The topological polar surface area (TPSA) is 55.6 Å². The predicted molar refractivity (Wildman–Crippen MR) is 112 cm³/mol. The number of nitrogens with one attached hydrogen (secondary N) is 1. The third-order valence-electron chi connectivity index (χ3n) is 4.69. The molecule has 0 fully saturated rings. The quantitative estimate of drug-likeness (QED) is 0.527. The minimum absolute atomic E-state index is 0.00393. The minimum atomic E-state index is -0.0273. The summed E-state index contributed by atoms with van der Waals surface area (Å²) in [5, 5.41) is 5.06. The van der Waals surface area contributed by atoms with Gasteiger partial charge in [-0.05, 0) is 36.8 Å². The lowest BCUT2D eigenvalue weighted by Gasteiger charge is -2.14. The molecule has 0 aliphatic rings. The molecule has 28 heavy (non-hydrogen) atoms. The molecule has 0 aliphatic heterocycles. The molecule has 1 unspecified atom stereocenters. The Balaban J connectivity index is 1.49. The molecule has 2 aromatic heterocycles. The fourth-order valence-corrected chi connectivity index (χ4v) is 4.01. The fourth-order valence-electron chi connectivity index (χ4n) is 3.14. The number of hydrogen-bond donors (Lipinski definition) is 1. The molecule has 1 N–H and O–H groups in total. The summed E-state index contributed by atoms with van der Waals surface area (Å²) in [5.74, 6) is 0.811. The molecule has 0 bridgehead atoms. The van der Waals surface area contributed by atoms with E-state index in [1.54, 1.807) is 18.4 Å². The Labute approximate surface area is 167 Å². The minimum Gasteiger partial charge on any atom is -0.497 e. The molecule has 2 aromatic carbocycles. The third kappa shape index (κ3) is 3.77. The summed E-state index contributed by atoms with van der Waals surface area (Å²) in [5.41, 5.74) is 3.93. The van der Waals surface area contributed by atoms with Crippen molar-refractivity contribution < 1.29 is 9.53 Å². The fraction of sp³-hybridized carbons (Fsp3) is 0.182. The van der Waals surface area contributed by atoms with Gasteiger partial charge in [0.25, 0.3) is 0 Å². The van der Waals surface area contributed by atoms with Gasteiger partial charge in [-0.25, -0.2) is 4.98 Å². The molecule has 1 atom stereocenters. The van der Waals surface area contributed by atoms with Crippen LogP contribution in [0.1, 0.15) is 24.2 Å². The van der Waals surface area contributed by atoms with Gasteiger partial charge in [0.1, 0.15) is 5.75 Å². The lowest BCUT2D eigenvalue weighted by atomic mass is 10.1. The predicted octanol–water partition coefficient (Wildman–Crippen LogP) is 4.49. The van der Waals surface area contributed by atoms with E-state index in [1.165, 1.54) is 0 Å². The summed E-state index contributed by atoms with van der Waals surface area (Å²) in [4.78, 5) is 18.1. The van der Waals surface area contributed by atoms with E-state index in [0.29, 0.717) is 6.42 Å². The maximum atomic E-state index is 12.5. The number of nitrogens with zero attached hydrogens (tertiary/aromatic N) is 2. The summed E-state index contributed by atoms with van der Waals surface area (Å²) in [7, 11) is 1.65. The van der Waals surface area contributed by atoms with E-state index in [0.717, 1.165) is 33.2 Å². The van der Waals surface area contributed by atoms with Crippen LogP contribution in [-0.2, 0) is 11.2 Å². The van der Waals surface area contributed by atoms with E-state index < -0.39 is 0 Å². The maximum absolute atomic E-state index is 12.5. The average Bonchev–Trinajstić information content (AvgIpc) is 3.30. The van der Waals surface area contributed by atoms with Crippen LogP contribution in [0, 0.1) is 0 Å². The Bertz CT molecular complexity index is 1080. The zero-order valence-corrected chi connectivity index (χ0v) is 16.6. The highest BCUT2D eigenvalue weighted by molar-refractivity contribution is 7.15. The van der Waals surface area contributed by atoms with E-state index in [4.69, 9.17) is 4.74 Å². The first-order valence-electron chi connectivity index (χ1n) is 9.08. The van der Waals surface area contributed by atoms with Gasteiger partial charge in [0.2, 0.25) is 5.91 Å². The zero-order valence-electron chi connectivity index (χ0n) is 15.8. The van der Waals surface area contributed by atoms with Crippen LogP contribution in [0.3, 0.4) is 0 Å². The van der Waals surface area contributed by atoms with Crippen LogP contribution in [0.4, 0.5) is 0 Å². The van der Waals surface area contributed by atoms with Crippen LogP contribution >= 0.6 is 11.3 Å². The molecule has 0 spiro atoms. The van der Waals surface area contributed by atoms with Gasteiger partial charge in [0.05, 0.1) is 25.3 Å². The van der Waals surface area contributed by atoms with Crippen molar-refractivity contribution in [2.24, 2.45) is 0 Å². The van der Waals surface area contributed by atoms with Crippen LogP contribution in [0.2, 0.25) is 0 Å².